The molecular formula is C15H21N3O2S. The predicted octanol–water partition coefficient (Wildman–Crippen LogP) is 1.60. The number of hydrogen-bond donors (Lipinski definition) is 0. The van der Waals surface area contributed by atoms with Crippen LogP contribution in [0.25, 0.3) is 0 Å². The molecule has 0 saturated carbocycles. The van der Waals surface area contributed by atoms with Crippen LogP contribution in [-0.2, 0) is 10.0 Å². The number of sulfonamides is 1. The van der Waals surface area contributed by atoms with E-state index in [1.807, 2.05) is 37.8 Å². The lowest BCUT2D eigenvalue weighted by Crippen LogP contribution is -2.55. The molecule has 0 amide bonds. The lowest BCUT2D eigenvalue weighted by atomic mass is 10.0. The van der Waals surface area contributed by atoms with Gasteiger partial charge in [-0.05, 0) is 32.9 Å². The minimum atomic E-state index is -3.43. The molecule has 2 rings (SSSR count). The standard InChI is InChI=1S/C15H21N3O2S/c1-13-4-6-14(7-5-13)21(19,20)18-10-8-17(9-11-18)15(2,3)12-16/h4-7H,8-11H2,1-3H3. The Morgan fingerprint density at radius 2 is 1.62 bits per heavy atom. The summed E-state index contributed by atoms with van der Waals surface area (Å²) in [5, 5.41) is 9.15. The Morgan fingerprint density at radius 3 is 2.10 bits per heavy atom. The van der Waals surface area contributed by atoms with Gasteiger partial charge < -0.3 is 0 Å². The van der Waals surface area contributed by atoms with Crippen LogP contribution in [0.2, 0.25) is 0 Å². The summed E-state index contributed by atoms with van der Waals surface area (Å²) in [6.07, 6.45) is 0. The normalized spacial score (nSPS) is 18.4. The highest BCUT2D eigenvalue weighted by atomic mass is 32.2. The van der Waals surface area contributed by atoms with Gasteiger partial charge in [0.05, 0.1) is 11.0 Å². The summed E-state index contributed by atoms with van der Waals surface area (Å²) in [6, 6.07) is 9.17. The molecule has 0 atom stereocenters. The van der Waals surface area contributed by atoms with E-state index >= 15 is 0 Å². The quantitative estimate of drug-likeness (QED) is 0.851. The largest absolute Gasteiger partial charge is 0.283 e. The van der Waals surface area contributed by atoms with Crippen LogP contribution in [0.1, 0.15) is 19.4 Å². The highest BCUT2D eigenvalue weighted by Crippen LogP contribution is 2.21. The Morgan fingerprint density at radius 1 is 1.10 bits per heavy atom. The van der Waals surface area contributed by atoms with Crippen LogP contribution in [0, 0.1) is 18.3 Å². The molecule has 5 nitrogen and oxygen atoms in total. The van der Waals surface area contributed by atoms with Crippen LogP contribution in [0.15, 0.2) is 29.2 Å². The molecule has 1 aromatic rings. The minimum Gasteiger partial charge on any atom is -0.283 e. The molecule has 6 heteroatoms. The summed E-state index contributed by atoms with van der Waals surface area (Å²) >= 11 is 0. The van der Waals surface area contributed by atoms with Gasteiger partial charge in [0.2, 0.25) is 10.0 Å². The van der Waals surface area contributed by atoms with Gasteiger partial charge in [-0.2, -0.15) is 9.57 Å². The average molecular weight is 307 g/mol. The van der Waals surface area contributed by atoms with Gasteiger partial charge in [-0.15, -0.1) is 0 Å². The lowest BCUT2D eigenvalue weighted by molar-refractivity contribution is 0.115. The molecule has 0 aromatic heterocycles. The molecule has 1 aliphatic rings. The summed E-state index contributed by atoms with van der Waals surface area (Å²) in [5.74, 6) is 0. The predicted molar refractivity (Wildman–Crippen MR) is 81.2 cm³/mol. The molecule has 1 fully saturated rings. The Hall–Kier alpha value is -1.42. The second-order valence-electron chi connectivity index (χ2n) is 5.88. The third-order valence-electron chi connectivity index (χ3n) is 3.96. The van der Waals surface area contributed by atoms with E-state index in [4.69, 9.17) is 5.26 Å². The van der Waals surface area contributed by atoms with Crippen molar-refractivity contribution in [2.75, 3.05) is 26.2 Å². The number of aryl methyl sites for hydroxylation is 1. The van der Waals surface area contributed by atoms with E-state index in [1.165, 1.54) is 4.31 Å². The monoisotopic (exact) mass is 307 g/mol. The van der Waals surface area contributed by atoms with Crippen LogP contribution in [-0.4, -0.2) is 49.3 Å². The minimum absolute atomic E-state index is 0.334. The average Bonchev–Trinajstić information content (AvgIpc) is 2.48. The molecule has 0 N–H and O–H groups in total. The van der Waals surface area contributed by atoms with Crippen molar-refractivity contribution < 1.29 is 8.42 Å². The van der Waals surface area contributed by atoms with Crippen molar-refractivity contribution >= 4 is 10.0 Å². The third-order valence-corrected chi connectivity index (χ3v) is 5.87. The summed E-state index contributed by atoms with van der Waals surface area (Å²) in [7, 11) is -3.43. The molecule has 21 heavy (non-hydrogen) atoms. The zero-order valence-electron chi connectivity index (χ0n) is 12.7. The van der Waals surface area contributed by atoms with Crippen LogP contribution in [0.4, 0.5) is 0 Å². The maximum atomic E-state index is 12.6. The first-order valence-electron chi connectivity index (χ1n) is 7.00. The van der Waals surface area contributed by atoms with E-state index in [1.54, 1.807) is 12.1 Å². The van der Waals surface area contributed by atoms with Crippen LogP contribution in [0.3, 0.4) is 0 Å². The smallest absolute Gasteiger partial charge is 0.243 e. The summed E-state index contributed by atoms with van der Waals surface area (Å²) in [4.78, 5) is 2.36. The summed E-state index contributed by atoms with van der Waals surface area (Å²) in [5.41, 5.74) is 0.481. The van der Waals surface area contributed by atoms with Gasteiger partial charge in [0.25, 0.3) is 0 Å². The Balaban J connectivity index is 2.12. The first kappa shape index (κ1) is 16.0. The zero-order valence-corrected chi connectivity index (χ0v) is 13.5. The second-order valence-corrected chi connectivity index (χ2v) is 7.81. The van der Waals surface area contributed by atoms with Gasteiger partial charge in [-0.25, -0.2) is 8.42 Å². The van der Waals surface area contributed by atoms with Gasteiger partial charge in [0.1, 0.15) is 5.54 Å². The zero-order chi connectivity index (χ0) is 15.7. The molecule has 0 spiro atoms. The molecule has 114 valence electrons. The van der Waals surface area contributed by atoms with E-state index in [-0.39, 0.29) is 0 Å². The first-order chi connectivity index (χ1) is 9.77. The van der Waals surface area contributed by atoms with Crippen molar-refractivity contribution in [3.8, 4) is 6.07 Å². The van der Waals surface area contributed by atoms with Crippen molar-refractivity contribution in [2.45, 2.75) is 31.2 Å². The Labute approximate surface area is 126 Å². The van der Waals surface area contributed by atoms with E-state index in [0.717, 1.165) is 5.56 Å². The molecule has 1 aliphatic heterocycles. The lowest BCUT2D eigenvalue weighted by Gasteiger charge is -2.39. The molecule has 1 aromatic carbocycles. The fourth-order valence-electron chi connectivity index (χ4n) is 2.42. The van der Waals surface area contributed by atoms with E-state index < -0.39 is 15.6 Å². The molecule has 0 bridgehead atoms. The summed E-state index contributed by atoms with van der Waals surface area (Å²) < 4.78 is 26.6. The number of benzene rings is 1. The number of nitriles is 1. The fraction of sp³-hybridized carbons (Fsp3) is 0.533. The SMILES string of the molecule is Cc1ccc(S(=O)(=O)N2CCN(C(C)(C)C#N)CC2)cc1. The highest BCUT2D eigenvalue weighted by molar-refractivity contribution is 7.89. The van der Waals surface area contributed by atoms with Crippen molar-refractivity contribution in [1.29, 1.82) is 5.26 Å². The fourth-order valence-corrected chi connectivity index (χ4v) is 3.84. The molecular weight excluding hydrogens is 286 g/mol. The van der Waals surface area contributed by atoms with Crippen molar-refractivity contribution in [3.63, 3.8) is 0 Å². The molecule has 0 radical (unpaired) electrons. The van der Waals surface area contributed by atoms with E-state index in [2.05, 4.69) is 6.07 Å². The van der Waals surface area contributed by atoms with Crippen LogP contribution in [0.5, 0.6) is 0 Å². The molecule has 0 aliphatic carbocycles. The van der Waals surface area contributed by atoms with Crippen molar-refractivity contribution in [1.82, 2.24) is 9.21 Å². The number of rotatable bonds is 3. The Bertz CT molecular complexity index is 636. The third kappa shape index (κ3) is 3.26. The number of piperazine rings is 1. The molecule has 0 unspecified atom stereocenters. The molecule has 1 heterocycles. The van der Waals surface area contributed by atoms with Crippen LogP contribution >= 0.6 is 0 Å². The van der Waals surface area contributed by atoms with Crippen molar-refractivity contribution in [2.24, 2.45) is 0 Å². The van der Waals surface area contributed by atoms with Crippen LogP contribution < -0.4 is 0 Å². The van der Waals surface area contributed by atoms with Gasteiger partial charge in [-0.1, -0.05) is 17.7 Å². The van der Waals surface area contributed by atoms with Gasteiger partial charge >= 0.3 is 0 Å². The van der Waals surface area contributed by atoms with Gasteiger partial charge in [0, 0.05) is 26.2 Å². The topological polar surface area (TPSA) is 64.4 Å². The second kappa shape index (κ2) is 5.76. The van der Waals surface area contributed by atoms with E-state index in [9.17, 15) is 8.42 Å². The maximum absolute atomic E-state index is 12.6. The first-order valence-corrected chi connectivity index (χ1v) is 8.44. The van der Waals surface area contributed by atoms with Gasteiger partial charge in [-0.3, -0.25) is 4.90 Å². The number of nitrogens with zero attached hydrogens (tertiary/aromatic N) is 3. The van der Waals surface area contributed by atoms with Crippen molar-refractivity contribution in [3.05, 3.63) is 29.8 Å². The summed E-state index contributed by atoms with van der Waals surface area (Å²) in [6.45, 7) is 7.63. The van der Waals surface area contributed by atoms with E-state index in [0.29, 0.717) is 31.1 Å². The Kier molecular flexibility index (Phi) is 4.38. The van der Waals surface area contributed by atoms with Gasteiger partial charge in [0.15, 0.2) is 0 Å². The highest BCUT2D eigenvalue weighted by Gasteiger charge is 2.34. The molecule has 1 saturated heterocycles. The maximum Gasteiger partial charge on any atom is 0.243 e. The number of hydrogen-bond acceptors (Lipinski definition) is 4.